The van der Waals surface area contributed by atoms with Crippen LogP contribution in [-0.4, -0.2) is 40.1 Å². The van der Waals surface area contributed by atoms with Crippen LogP contribution in [0.4, 0.5) is 5.69 Å². The Hall–Kier alpha value is -1.60. The second-order valence-electron chi connectivity index (χ2n) is 3.74. The standard InChI is InChI=1S/C11H16ClN3O4/c1-3-19-11(18)7(2)14-8-6-13-15(4-5-16)10(17)9(8)12/h6-7,14,16H,3-5H2,1-2H3. The molecule has 106 valence electrons. The third-order valence-corrected chi connectivity index (χ3v) is 2.67. The number of hydrogen-bond donors (Lipinski definition) is 2. The Morgan fingerprint density at radius 1 is 1.68 bits per heavy atom. The summed E-state index contributed by atoms with van der Waals surface area (Å²) in [5.41, 5.74) is -0.279. The zero-order valence-electron chi connectivity index (χ0n) is 10.7. The fourth-order valence-corrected chi connectivity index (χ4v) is 1.58. The Labute approximate surface area is 115 Å². The number of anilines is 1. The van der Waals surface area contributed by atoms with Crippen molar-refractivity contribution >= 4 is 23.3 Å². The van der Waals surface area contributed by atoms with Crippen molar-refractivity contribution in [2.75, 3.05) is 18.5 Å². The average Bonchev–Trinajstić information content (AvgIpc) is 2.38. The summed E-state index contributed by atoms with van der Waals surface area (Å²) < 4.78 is 5.87. The van der Waals surface area contributed by atoms with E-state index in [-0.39, 0.29) is 30.5 Å². The smallest absolute Gasteiger partial charge is 0.328 e. The van der Waals surface area contributed by atoms with Crippen LogP contribution < -0.4 is 10.9 Å². The molecule has 0 fully saturated rings. The van der Waals surface area contributed by atoms with Gasteiger partial charge in [0.1, 0.15) is 11.1 Å². The summed E-state index contributed by atoms with van der Waals surface area (Å²) in [6.45, 7) is 3.42. The molecule has 0 radical (unpaired) electrons. The number of aliphatic hydroxyl groups excluding tert-OH is 1. The Kier molecular flexibility index (Phi) is 5.78. The number of esters is 1. The van der Waals surface area contributed by atoms with E-state index in [1.807, 2.05) is 0 Å². The van der Waals surface area contributed by atoms with Crippen LogP contribution in [0.25, 0.3) is 0 Å². The molecule has 19 heavy (non-hydrogen) atoms. The molecule has 1 atom stereocenters. The number of nitrogens with zero attached hydrogens (tertiary/aromatic N) is 2. The minimum Gasteiger partial charge on any atom is -0.464 e. The van der Waals surface area contributed by atoms with Crippen LogP contribution in [0.2, 0.25) is 5.02 Å². The highest BCUT2D eigenvalue weighted by Crippen LogP contribution is 2.16. The molecule has 0 aliphatic heterocycles. The quantitative estimate of drug-likeness (QED) is 0.729. The van der Waals surface area contributed by atoms with E-state index in [9.17, 15) is 9.59 Å². The summed E-state index contributed by atoms with van der Waals surface area (Å²) in [6, 6.07) is -0.646. The van der Waals surface area contributed by atoms with Crippen molar-refractivity contribution < 1.29 is 14.6 Å². The lowest BCUT2D eigenvalue weighted by atomic mass is 10.3. The molecule has 2 N–H and O–H groups in total. The van der Waals surface area contributed by atoms with Gasteiger partial charge in [-0.3, -0.25) is 4.79 Å². The van der Waals surface area contributed by atoms with Crippen LogP contribution in [0, 0.1) is 0 Å². The highest BCUT2D eigenvalue weighted by Gasteiger charge is 2.17. The summed E-state index contributed by atoms with van der Waals surface area (Å²) in [5, 5.41) is 15.3. The first kappa shape index (κ1) is 15.5. The van der Waals surface area contributed by atoms with Gasteiger partial charge in [-0.25, -0.2) is 9.48 Å². The predicted molar refractivity (Wildman–Crippen MR) is 70.3 cm³/mol. The van der Waals surface area contributed by atoms with E-state index in [4.69, 9.17) is 21.4 Å². The zero-order valence-corrected chi connectivity index (χ0v) is 11.5. The summed E-state index contributed by atoms with van der Waals surface area (Å²) in [4.78, 5) is 23.2. The molecule has 0 aliphatic carbocycles. The lowest BCUT2D eigenvalue weighted by Crippen LogP contribution is -2.31. The molecule has 0 aliphatic rings. The van der Waals surface area contributed by atoms with E-state index in [2.05, 4.69) is 10.4 Å². The van der Waals surface area contributed by atoms with Crippen molar-refractivity contribution in [3.63, 3.8) is 0 Å². The molecule has 0 aromatic carbocycles. The van der Waals surface area contributed by atoms with Gasteiger partial charge in [0.2, 0.25) is 0 Å². The van der Waals surface area contributed by atoms with Crippen LogP contribution in [0.5, 0.6) is 0 Å². The maximum absolute atomic E-state index is 11.8. The third kappa shape index (κ3) is 3.93. The fourth-order valence-electron chi connectivity index (χ4n) is 1.38. The lowest BCUT2D eigenvalue weighted by molar-refractivity contribution is -0.143. The first-order valence-electron chi connectivity index (χ1n) is 5.80. The van der Waals surface area contributed by atoms with Crippen molar-refractivity contribution in [2.24, 2.45) is 0 Å². The number of carbonyl (C=O) groups excluding carboxylic acids is 1. The molecule has 7 nitrogen and oxygen atoms in total. The van der Waals surface area contributed by atoms with Crippen molar-refractivity contribution in [3.8, 4) is 0 Å². The van der Waals surface area contributed by atoms with Crippen LogP contribution in [-0.2, 0) is 16.1 Å². The molecule has 1 rings (SSSR count). The lowest BCUT2D eigenvalue weighted by Gasteiger charge is -2.15. The van der Waals surface area contributed by atoms with E-state index in [0.717, 1.165) is 4.68 Å². The number of nitrogens with one attached hydrogen (secondary N) is 1. The number of halogens is 1. The van der Waals surface area contributed by atoms with E-state index >= 15 is 0 Å². The maximum atomic E-state index is 11.8. The van der Waals surface area contributed by atoms with Crippen LogP contribution in [0.1, 0.15) is 13.8 Å². The molecule has 0 saturated carbocycles. The van der Waals surface area contributed by atoms with Gasteiger partial charge < -0.3 is 15.2 Å². The molecular formula is C11H16ClN3O4. The van der Waals surface area contributed by atoms with E-state index in [0.29, 0.717) is 0 Å². The van der Waals surface area contributed by atoms with Crippen molar-refractivity contribution in [2.45, 2.75) is 26.4 Å². The molecule has 0 amide bonds. The Morgan fingerprint density at radius 2 is 2.37 bits per heavy atom. The summed E-state index contributed by atoms with van der Waals surface area (Å²) >= 11 is 5.89. The predicted octanol–water partition coefficient (Wildman–Crippen LogP) is 0.252. The molecular weight excluding hydrogens is 274 g/mol. The molecule has 0 saturated heterocycles. The number of rotatable bonds is 6. The molecule has 1 heterocycles. The normalized spacial score (nSPS) is 12.0. The van der Waals surface area contributed by atoms with Gasteiger partial charge in [-0.2, -0.15) is 5.10 Å². The fraction of sp³-hybridized carbons (Fsp3) is 0.545. The number of ether oxygens (including phenoxy) is 1. The number of carbonyl (C=O) groups is 1. The molecule has 8 heteroatoms. The van der Waals surface area contributed by atoms with Gasteiger partial charge in [-0.15, -0.1) is 0 Å². The number of aliphatic hydroxyl groups is 1. The Bertz CT molecular complexity index is 503. The zero-order chi connectivity index (χ0) is 14.4. The highest BCUT2D eigenvalue weighted by molar-refractivity contribution is 6.33. The Balaban J connectivity index is 2.88. The largest absolute Gasteiger partial charge is 0.464 e. The first-order valence-corrected chi connectivity index (χ1v) is 6.18. The molecule has 0 spiro atoms. The average molecular weight is 290 g/mol. The number of aromatic nitrogens is 2. The van der Waals surface area contributed by atoms with E-state index < -0.39 is 17.6 Å². The van der Waals surface area contributed by atoms with Crippen LogP contribution >= 0.6 is 11.6 Å². The van der Waals surface area contributed by atoms with Gasteiger partial charge in [0.25, 0.3) is 5.56 Å². The topological polar surface area (TPSA) is 93.4 Å². The second-order valence-corrected chi connectivity index (χ2v) is 4.12. The SMILES string of the molecule is CCOC(=O)C(C)Nc1cnn(CCO)c(=O)c1Cl. The molecule has 0 bridgehead atoms. The number of hydrogen-bond acceptors (Lipinski definition) is 6. The summed E-state index contributed by atoms with van der Waals surface area (Å²) in [6.07, 6.45) is 1.33. The summed E-state index contributed by atoms with van der Waals surface area (Å²) in [5.74, 6) is -0.446. The van der Waals surface area contributed by atoms with Gasteiger partial charge in [0.05, 0.1) is 31.6 Å². The van der Waals surface area contributed by atoms with Gasteiger partial charge in [0.15, 0.2) is 0 Å². The Morgan fingerprint density at radius 3 is 2.95 bits per heavy atom. The van der Waals surface area contributed by atoms with Crippen LogP contribution in [0.3, 0.4) is 0 Å². The first-order chi connectivity index (χ1) is 9.01. The minimum absolute atomic E-state index is 0.0618. The van der Waals surface area contributed by atoms with E-state index in [1.165, 1.54) is 6.20 Å². The van der Waals surface area contributed by atoms with Crippen molar-refractivity contribution in [3.05, 3.63) is 21.6 Å². The van der Waals surface area contributed by atoms with Gasteiger partial charge in [-0.1, -0.05) is 11.6 Å². The van der Waals surface area contributed by atoms with Gasteiger partial charge >= 0.3 is 5.97 Å². The van der Waals surface area contributed by atoms with Crippen molar-refractivity contribution in [1.82, 2.24) is 9.78 Å². The minimum atomic E-state index is -0.646. The van der Waals surface area contributed by atoms with Crippen molar-refractivity contribution in [1.29, 1.82) is 0 Å². The van der Waals surface area contributed by atoms with Gasteiger partial charge in [0, 0.05) is 0 Å². The van der Waals surface area contributed by atoms with Crippen LogP contribution in [0.15, 0.2) is 11.0 Å². The van der Waals surface area contributed by atoms with Gasteiger partial charge in [-0.05, 0) is 13.8 Å². The monoisotopic (exact) mass is 289 g/mol. The highest BCUT2D eigenvalue weighted by atomic mass is 35.5. The van der Waals surface area contributed by atoms with E-state index in [1.54, 1.807) is 13.8 Å². The molecule has 1 aromatic heterocycles. The third-order valence-electron chi connectivity index (χ3n) is 2.31. The molecule has 1 unspecified atom stereocenters. The summed E-state index contributed by atoms with van der Waals surface area (Å²) in [7, 11) is 0. The second kappa shape index (κ2) is 7.10. The maximum Gasteiger partial charge on any atom is 0.328 e. The molecule has 1 aromatic rings.